The van der Waals surface area contributed by atoms with Gasteiger partial charge in [-0.2, -0.15) is 0 Å². The Morgan fingerprint density at radius 1 is 1.19 bits per heavy atom. The van der Waals surface area contributed by atoms with E-state index in [-0.39, 0.29) is 6.04 Å². The van der Waals surface area contributed by atoms with E-state index in [0.717, 1.165) is 5.56 Å². The molecule has 1 heterocycles. The van der Waals surface area contributed by atoms with Crippen molar-refractivity contribution >= 4 is 0 Å². The van der Waals surface area contributed by atoms with Crippen LogP contribution in [0, 0.1) is 13.8 Å². The molecule has 2 aromatic rings. The largest absolute Gasteiger partial charge is 0.472 e. The van der Waals surface area contributed by atoms with Crippen molar-refractivity contribution in [2.24, 2.45) is 0 Å². The van der Waals surface area contributed by atoms with E-state index in [1.54, 1.807) is 12.5 Å². The zero-order valence-corrected chi connectivity index (χ0v) is 9.95. The monoisotopic (exact) mass is 215 g/mol. The summed E-state index contributed by atoms with van der Waals surface area (Å²) in [4.78, 5) is 0. The zero-order chi connectivity index (χ0) is 11.5. The Labute approximate surface area is 96.3 Å². The van der Waals surface area contributed by atoms with Gasteiger partial charge in [0.05, 0.1) is 18.6 Å². The minimum atomic E-state index is 0.208. The van der Waals surface area contributed by atoms with E-state index >= 15 is 0 Å². The van der Waals surface area contributed by atoms with Crippen LogP contribution in [0.15, 0.2) is 41.2 Å². The van der Waals surface area contributed by atoms with E-state index in [9.17, 15) is 0 Å². The lowest BCUT2D eigenvalue weighted by atomic mass is 9.95. The van der Waals surface area contributed by atoms with Crippen LogP contribution >= 0.6 is 0 Å². The highest BCUT2D eigenvalue weighted by molar-refractivity contribution is 5.37. The minimum absolute atomic E-state index is 0.208. The molecule has 0 radical (unpaired) electrons. The van der Waals surface area contributed by atoms with Crippen molar-refractivity contribution in [3.05, 3.63) is 59.0 Å². The molecule has 1 aromatic heterocycles. The van der Waals surface area contributed by atoms with Gasteiger partial charge in [0.1, 0.15) is 0 Å². The summed E-state index contributed by atoms with van der Waals surface area (Å²) in [5.74, 6) is 0. The molecular formula is C14H17NO. The maximum absolute atomic E-state index is 5.14. The topological polar surface area (TPSA) is 25.2 Å². The Kier molecular flexibility index (Phi) is 3.11. The number of aryl methyl sites for hydroxylation is 2. The fourth-order valence-corrected chi connectivity index (χ4v) is 2.09. The van der Waals surface area contributed by atoms with Crippen molar-refractivity contribution in [1.82, 2.24) is 5.32 Å². The number of hydrogen-bond donors (Lipinski definition) is 1. The number of benzene rings is 1. The molecule has 0 bridgehead atoms. The highest BCUT2D eigenvalue weighted by atomic mass is 16.3. The van der Waals surface area contributed by atoms with Gasteiger partial charge in [-0.25, -0.2) is 0 Å². The number of furan rings is 1. The number of hydrogen-bond acceptors (Lipinski definition) is 2. The Morgan fingerprint density at radius 3 is 2.56 bits per heavy atom. The van der Waals surface area contributed by atoms with E-state index in [2.05, 4.69) is 37.4 Å². The zero-order valence-electron chi connectivity index (χ0n) is 9.95. The molecule has 0 fully saturated rings. The van der Waals surface area contributed by atoms with Gasteiger partial charge < -0.3 is 9.73 Å². The van der Waals surface area contributed by atoms with E-state index < -0.39 is 0 Å². The lowest BCUT2D eigenvalue weighted by Gasteiger charge is -2.17. The maximum atomic E-state index is 5.14. The molecule has 2 rings (SSSR count). The van der Waals surface area contributed by atoms with Crippen molar-refractivity contribution in [1.29, 1.82) is 0 Å². The van der Waals surface area contributed by atoms with Gasteiger partial charge in [0, 0.05) is 5.56 Å². The lowest BCUT2D eigenvalue weighted by molar-refractivity contribution is 0.557. The summed E-state index contributed by atoms with van der Waals surface area (Å²) in [5.41, 5.74) is 5.06. The molecule has 84 valence electrons. The van der Waals surface area contributed by atoms with Gasteiger partial charge in [-0.1, -0.05) is 23.8 Å². The van der Waals surface area contributed by atoms with Gasteiger partial charge in [0.2, 0.25) is 0 Å². The summed E-state index contributed by atoms with van der Waals surface area (Å²) in [5, 5.41) is 3.32. The summed E-state index contributed by atoms with van der Waals surface area (Å²) >= 11 is 0. The second kappa shape index (κ2) is 4.54. The summed E-state index contributed by atoms with van der Waals surface area (Å²) in [6.07, 6.45) is 3.50. The molecule has 16 heavy (non-hydrogen) atoms. The Hall–Kier alpha value is -1.54. The molecule has 0 aliphatic carbocycles. The third kappa shape index (κ3) is 2.02. The second-order valence-corrected chi connectivity index (χ2v) is 4.14. The molecular weight excluding hydrogens is 198 g/mol. The molecule has 0 spiro atoms. The van der Waals surface area contributed by atoms with Crippen LogP contribution in [0.5, 0.6) is 0 Å². The Morgan fingerprint density at radius 2 is 2.00 bits per heavy atom. The summed E-state index contributed by atoms with van der Waals surface area (Å²) in [7, 11) is 1.97. The van der Waals surface area contributed by atoms with Gasteiger partial charge in [0.15, 0.2) is 0 Å². The molecule has 1 aromatic carbocycles. The SMILES string of the molecule is CNC(c1ccoc1)c1ccc(C)cc1C. The van der Waals surface area contributed by atoms with Gasteiger partial charge in [0.25, 0.3) is 0 Å². The summed E-state index contributed by atoms with van der Waals surface area (Å²) < 4.78 is 5.14. The third-order valence-electron chi connectivity index (χ3n) is 2.90. The first-order chi connectivity index (χ1) is 7.72. The maximum Gasteiger partial charge on any atom is 0.0953 e. The van der Waals surface area contributed by atoms with Crippen LogP contribution in [0.25, 0.3) is 0 Å². The Balaban J connectivity index is 2.41. The van der Waals surface area contributed by atoms with Crippen LogP contribution in [0.4, 0.5) is 0 Å². The fourth-order valence-electron chi connectivity index (χ4n) is 2.09. The van der Waals surface area contributed by atoms with Crippen molar-refractivity contribution in [3.8, 4) is 0 Å². The molecule has 1 N–H and O–H groups in total. The van der Waals surface area contributed by atoms with Gasteiger partial charge in [-0.3, -0.25) is 0 Å². The van der Waals surface area contributed by atoms with Crippen molar-refractivity contribution in [2.75, 3.05) is 7.05 Å². The first kappa shape index (κ1) is 11.0. The standard InChI is InChI=1S/C14H17NO/c1-10-4-5-13(11(2)8-10)14(15-3)12-6-7-16-9-12/h4-9,14-15H,1-3H3. The molecule has 2 heteroatoms. The van der Waals surface area contributed by atoms with Crippen LogP contribution in [-0.2, 0) is 0 Å². The number of rotatable bonds is 3. The average Bonchev–Trinajstić information content (AvgIpc) is 2.75. The van der Waals surface area contributed by atoms with Crippen molar-refractivity contribution in [3.63, 3.8) is 0 Å². The molecule has 0 aliphatic heterocycles. The fraction of sp³-hybridized carbons (Fsp3) is 0.286. The third-order valence-corrected chi connectivity index (χ3v) is 2.90. The Bertz CT molecular complexity index is 460. The first-order valence-electron chi connectivity index (χ1n) is 5.49. The predicted molar refractivity (Wildman–Crippen MR) is 65.5 cm³/mol. The predicted octanol–water partition coefficient (Wildman–Crippen LogP) is 3.21. The number of nitrogens with one attached hydrogen (secondary N) is 1. The second-order valence-electron chi connectivity index (χ2n) is 4.14. The van der Waals surface area contributed by atoms with E-state index in [1.165, 1.54) is 16.7 Å². The molecule has 1 unspecified atom stereocenters. The molecule has 1 atom stereocenters. The highest BCUT2D eigenvalue weighted by Crippen LogP contribution is 2.25. The molecule has 0 saturated carbocycles. The summed E-state index contributed by atoms with van der Waals surface area (Å²) in [6, 6.07) is 8.74. The molecule has 2 nitrogen and oxygen atoms in total. The van der Waals surface area contributed by atoms with E-state index in [0.29, 0.717) is 0 Å². The first-order valence-corrected chi connectivity index (χ1v) is 5.49. The quantitative estimate of drug-likeness (QED) is 0.850. The smallest absolute Gasteiger partial charge is 0.0953 e. The van der Waals surface area contributed by atoms with Crippen molar-refractivity contribution in [2.45, 2.75) is 19.9 Å². The minimum Gasteiger partial charge on any atom is -0.472 e. The van der Waals surface area contributed by atoms with Gasteiger partial charge in [-0.05, 0) is 38.1 Å². The van der Waals surface area contributed by atoms with Crippen LogP contribution < -0.4 is 5.32 Å². The van der Waals surface area contributed by atoms with Crippen molar-refractivity contribution < 1.29 is 4.42 Å². The van der Waals surface area contributed by atoms with Crippen LogP contribution in [0.3, 0.4) is 0 Å². The molecule has 0 amide bonds. The summed E-state index contributed by atoms with van der Waals surface area (Å²) in [6.45, 7) is 4.26. The van der Waals surface area contributed by atoms with E-state index in [4.69, 9.17) is 4.42 Å². The van der Waals surface area contributed by atoms with Crippen LogP contribution in [0.1, 0.15) is 28.3 Å². The van der Waals surface area contributed by atoms with Gasteiger partial charge in [-0.15, -0.1) is 0 Å². The highest BCUT2D eigenvalue weighted by Gasteiger charge is 2.14. The molecule has 0 aliphatic rings. The van der Waals surface area contributed by atoms with Crippen LogP contribution in [-0.4, -0.2) is 7.05 Å². The average molecular weight is 215 g/mol. The normalized spacial score (nSPS) is 12.7. The van der Waals surface area contributed by atoms with Crippen LogP contribution in [0.2, 0.25) is 0 Å². The van der Waals surface area contributed by atoms with Gasteiger partial charge >= 0.3 is 0 Å². The lowest BCUT2D eigenvalue weighted by Crippen LogP contribution is -2.18. The van der Waals surface area contributed by atoms with E-state index in [1.807, 2.05) is 13.1 Å². The molecule has 0 saturated heterocycles.